The number of aryl methyl sites for hydroxylation is 1. The van der Waals surface area contributed by atoms with Crippen LogP contribution in [0.1, 0.15) is 25.9 Å². The standard InChI is InChI=1S/C15H12N4O3S/c1-9-18-19-15(23-9)17-13(20)10-4-6-11(7-5-10)16-14(21)12-3-2-8-22-12/h2-8H,1H3,(H,16,21)(H,17,19,20). The fourth-order valence-corrected chi connectivity index (χ4v) is 2.41. The van der Waals surface area contributed by atoms with Gasteiger partial charge in [0.1, 0.15) is 5.01 Å². The van der Waals surface area contributed by atoms with E-state index < -0.39 is 0 Å². The summed E-state index contributed by atoms with van der Waals surface area (Å²) in [5.41, 5.74) is 1.02. The molecule has 1 aromatic carbocycles. The Hall–Kier alpha value is -3.00. The molecule has 0 unspecified atom stereocenters. The Kier molecular flexibility index (Phi) is 4.15. The van der Waals surface area contributed by atoms with Crippen molar-refractivity contribution < 1.29 is 14.0 Å². The van der Waals surface area contributed by atoms with E-state index in [2.05, 4.69) is 20.8 Å². The zero-order chi connectivity index (χ0) is 16.2. The molecule has 0 saturated carbocycles. The van der Waals surface area contributed by atoms with E-state index in [1.807, 2.05) is 6.92 Å². The molecule has 0 saturated heterocycles. The molecule has 0 aliphatic heterocycles. The van der Waals surface area contributed by atoms with Crippen molar-refractivity contribution in [3.8, 4) is 0 Å². The number of aromatic nitrogens is 2. The molecule has 2 aromatic heterocycles. The number of hydrogen-bond donors (Lipinski definition) is 2. The summed E-state index contributed by atoms with van der Waals surface area (Å²) in [6, 6.07) is 9.71. The van der Waals surface area contributed by atoms with Crippen LogP contribution in [0.2, 0.25) is 0 Å². The van der Waals surface area contributed by atoms with Crippen LogP contribution in [0.3, 0.4) is 0 Å². The number of hydrogen-bond acceptors (Lipinski definition) is 6. The van der Waals surface area contributed by atoms with Crippen molar-refractivity contribution >= 4 is 34.0 Å². The summed E-state index contributed by atoms with van der Waals surface area (Å²) in [6.45, 7) is 1.81. The molecule has 0 aliphatic rings. The summed E-state index contributed by atoms with van der Waals surface area (Å²) in [5, 5.41) is 14.2. The van der Waals surface area contributed by atoms with Crippen molar-refractivity contribution in [2.24, 2.45) is 0 Å². The molecule has 3 rings (SSSR count). The lowest BCUT2D eigenvalue weighted by molar-refractivity contribution is 0.0995. The SMILES string of the molecule is Cc1nnc(NC(=O)c2ccc(NC(=O)c3ccco3)cc2)s1. The van der Waals surface area contributed by atoms with Gasteiger partial charge in [0.15, 0.2) is 5.76 Å². The quantitative estimate of drug-likeness (QED) is 0.767. The van der Waals surface area contributed by atoms with Gasteiger partial charge in [0.05, 0.1) is 6.26 Å². The van der Waals surface area contributed by atoms with E-state index >= 15 is 0 Å². The Labute approximate surface area is 135 Å². The molecule has 23 heavy (non-hydrogen) atoms. The van der Waals surface area contributed by atoms with Crippen molar-refractivity contribution in [2.45, 2.75) is 6.92 Å². The topological polar surface area (TPSA) is 97.1 Å². The second-order valence-corrected chi connectivity index (χ2v) is 5.77. The van der Waals surface area contributed by atoms with Gasteiger partial charge in [-0.25, -0.2) is 0 Å². The maximum absolute atomic E-state index is 12.1. The van der Waals surface area contributed by atoms with Gasteiger partial charge in [0.25, 0.3) is 11.8 Å². The second kappa shape index (κ2) is 6.41. The summed E-state index contributed by atoms with van der Waals surface area (Å²) in [6.07, 6.45) is 1.43. The van der Waals surface area contributed by atoms with Crippen molar-refractivity contribution in [3.05, 3.63) is 59.0 Å². The average molecular weight is 328 g/mol. The summed E-state index contributed by atoms with van der Waals surface area (Å²) in [5.74, 6) is -0.417. The van der Waals surface area contributed by atoms with Gasteiger partial charge in [0, 0.05) is 11.3 Å². The number of nitrogens with one attached hydrogen (secondary N) is 2. The smallest absolute Gasteiger partial charge is 0.291 e. The summed E-state index contributed by atoms with van der Waals surface area (Å²) in [7, 11) is 0. The summed E-state index contributed by atoms with van der Waals surface area (Å²) < 4.78 is 5.01. The van der Waals surface area contributed by atoms with Crippen LogP contribution in [0.4, 0.5) is 10.8 Å². The molecule has 7 nitrogen and oxygen atoms in total. The van der Waals surface area contributed by atoms with E-state index in [4.69, 9.17) is 4.42 Å². The fourth-order valence-electron chi connectivity index (χ4n) is 1.82. The minimum Gasteiger partial charge on any atom is -0.459 e. The van der Waals surface area contributed by atoms with Crippen LogP contribution in [-0.4, -0.2) is 22.0 Å². The molecule has 0 fully saturated rings. The number of rotatable bonds is 4. The van der Waals surface area contributed by atoms with E-state index in [1.54, 1.807) is 36.4 Å². The molecule has 3 aromatic rings. The highest BCUT2D eigenvalue weighted by Gasteiger charge is 2.11. The van der Waals surface area contributed by atoms with Gasteiger partial charge in [-0.1, -0.05) is 11.3 Å². The van der Waals surface area contributed by atoms with E-state index in [1.165, 1.54) is 17.6 Å². The molecule has 2 N–H and O–H groups in total. The van der Waals surface area contributed by atoms with Crippen molar-refractivity contribution in [2.75, 3.05) is 10.6 Å². The third-order valence-electron chi connectivity index (χ3n) is 2.90. The molecule has 0 aliphatic carbocycles. The fraction of sp³-hybridized carbons (Fsp3) is 0.0667. The Balaban J connectivity index is 1.64. The highest BCUT2D eigenvalue weighted by Crippen LogP contribution is 2.16. The van der Waals surface area contributed by atoms with Crippen LogP contribution in [0.25, 0.3) is 0 Å². The molecule has 116 valence electrons. The Morgan fingerprint density at radius 2 is 1.83 bits per heavy atom. The molecule has 8 heteroatoms. The zero-order valence-corrected chi connectivity index (χ0v) is 12.9. The van der Waals surface area contributed by atoms with Crippen LogP contribution in [0, 0.1) is 6.92 Å². The predicted octanol–water partition coefficient (Wildman–Crippen LogP) is 2.94. The number of nitrogens with zero attached hydrogens (tertiary/aromatic N) is 2. The van der Waals surface area contributed by atoms with Gasteiger partial charge in [0.2, 0.25) is 5.13 Å². The monoisotopic (exact) mass is 328 g/mol. The summed E-state index contributed by atoms with van der Waals surface area (Å²) >= 11 is 1.30. The van der Waals surface area contributed by atoms with Gasteiger partial charge in [-0.2, -0.15) is 0 Å². The third-order valence-corrected chi connectivity index (χ3v) is 3.65. The molecule has 0 radical (unpaired) electrons. The van der Waals surface area contributed by atoms with E-state index in [0.29, 0.717) is 16.4 Å². The number of carbonyl (C=O) groups excluding carboxylic acids is 2. The molecule has 2 heterocycles. The molecule has 2 amide bonds. The molecule has 0 bridgehead atoms. The van der Waals surface area contributed by atoms with Gasteiger partial charge >= 0.3 is 0 Å². The van der Waals surface area contributed by atoms with Crippen molar-refractivity contribution in [1.29, 1.82) is 0 Å². The lowest BCUT2D eigenvalue weighted by Crippen LogP contribution is -2.13. The zero-order valence-electron chi connectivity index (χ0n) is 12.1. The first-order valence-corrected chi connectivity index (χ1v) is 7.50. The Morgan fingerprint density at radius 3 is 2.43 bits per heavy atom. The predicted molar refractivity (Wildman–Crippen MR) is 85.7 cm³/mol. The normalized spacial score (nSPS) is 10.3. The van der Waals surface area contributed by atoms with Crippen LogP contribution in [0.5, 0.6) is 0 Å². The van der Waals surface area contributed by atoms with Crippen LogP contribution >= 0.6 is 11.3 Å². The number of furan rings is 1. The Morgan fingerprint density at radius 1 is 1.04 bits per heavy atom. The highest BCUT2D eigenvalue weighted by molar-refractivity contribution is 7.15. The molecule has 0 atom stereocenters. The first-order valence-electron chi connectivity index (χ1n) is 6.68. The van der Waals surface area contributed by atoms with Crippen LogP contribution in [-0.2, 0) is 0 Å². The maximum atomic E-state index is 12.1. The van der Waals surface area contributed by atoms with Gasteiger partial charge in [-0.15, -0.1) is 10.2 Å². The third kappa shape index (κ3) is 3.61. The molecular weight excluding hydrogens is 316 g/mol. The molecule has 0 spiro atoms. The second-order valence-electron chi connectivity index (χ2n) is 4.59. The first-order chi connectivity index (χ1) is 11.1. The van der Waals surface area contributed by atoms with Crippen molar-refractivity contribution in [1.82, 2.24) is 10.2 Å². The minimum atomic E-state index is -0.350. The largest absolute Gasteiger partial charge is 0.459 e. The Bertz CT molecular complexity index is 825. The lowest BCUT2D eigenvalue weighted by atomic mass is 10.2. The summed E-state index contributed by atoms with van der Waals surface area (Å²) in [4.78, 5) is 23.9. The first kappa shape index (κ1) is 14.9. The van der Waals surface area contributed by atoms with Gasteiger partial charge in [-0.05, 0) is 43.3 Å². The van der Waals surface area contributed by atoms with Crippen LogP contribution in [0.15, 0.2) is 47.1 Å². The van der Waals surface area contributed by atoms with Gasteiger partial charge < -0.3 is 9.73 Å². The minimum absolute atomic E-state index is 0.221. The number of benzene rings is 1. The van der Waals surface area contributed by atoms with E-state index in [9.17, 15) is 9.59 Å². The number of amides is 2. The number of carbonyl (C=O) groups is 2. The molecular formula is C15H12N4O3S. The highest BCUT2D eigenvalue weighted by atomic mass is 32.1. The average Bonchev–Trinajstić information content (AvgIpc) is 3.20. The van der Waals surface area contributed by atoms with E-state index in [-0.39, 0.29) is 17.6 Å². The van der Waals surface area contributed by atoms with Crippen LogP contribution < -0.4 is 10.6 Å². The lowest BCUT2D eigenvalue weighted by Gasteiger charge is -2.05. The van der Waals surface area contributed by atoms with Crippen molar-refractivity contribution in [3.63, 3.8) is 0 Å². The van der Waals surface area contributed by atoms with Gasteiger partial charge in [-0.3, -0.25) is 14.9 Å². The number of anilines is 2. The van der Waals surface area contributed by atoms with E-state index in [0.717, 1.165) is 5.01 Å². The maximum Gasteiger partial charge on any atom is 0.291 e.